The minimum atomic E-state index is -0.956. The summed E-state index contributed by atoms with van der Waals surface area (Å²) < 4.78 is 0. The standard InChI is InChI=1S/C15H29NO3.K/c1-3-4-5-6-7-8-9-10-11-12-14(17)16(2)13-15(18)19;/h3-13H2,1-2H3,(H,18,19);/q;+1. The molecule has 0 aromatic rings. The number of carbonyl (C=O) groups is 2. The fourth-order valence-corrected chi connectivity index (χ4v) is 2.07. The number of carbonyl (C=O) groups excluding carboxylic acids is 1. The summed E-state index contributed by atoms with van der Waals surface area (Å²) in [4.78, 5) is 23.3. The van der Waals surface area contributed by atoms with Crippen LogP contribution in [-0.2, 0) is 9.59 Å². The summed E-state index contributed by atoms with van der Waals surface area (Å²) in [6, 6.07) is 0. The van der Waals surface area contributed by atoms with Gasteiger partial charge in [-0.1, -0.05) is 58.3 Å². The summed E-state index contributed by atoms with van der Waals surface area (Å²) in [6.07, 6.45) is 11.4. The molecule has 20 heavy (non-hydrogen) atoms. The van der Waals surface area contributed by atoms with Crippen molar-refractivity contribution in [1.82, 2.24) is 4.90 Å². The molecule has 0 aliphatic heterocycles. The zero-order valence-electron chi connectivity index (χ0n) is 13.5. The van der Waals surface area contributed by atoms with Crippen molar-refractivity contribution in [2.45, 2.75) is 71.1 Å². The van der Waals surface area contributed by atoms with E-state index in [1.165, 1.54) is 49.8 Å². The number of amides is 1. The van der Waals surface area contributed by atoms with Crippen molar-refractivity contribution in [2.24, 2.45) is 0 Å². The van der Waals surface area contributed by atoms with E-state index in [1.54, 1.807) is 7.05 Å². The van der Waals surface area contributed by atoms with Crippen LogP contribution < -0.4 is 51.4 Å². The molecule has 0 atom stereocenters. The minimum Gasteiger partial charge on any atom is -0.480 e. The third-order valence-electron chi connectivity index (χ3n) is 3.29. The van der Waals surface area contributed by atoms with E-state index in [1.807, 2.05) is 0 Å². The Morgan fingerprint density at radius 2 is 1.35 bits per heavy atom. The summed E-state index contributed by atoms with van der Waals surface area (Å²) in [6.45, 7) is 2.02. The number of nitrogens with zero attached hydrogens (tertiary/aromatic N) is 1. The van der Waals surface area contributed by atoms with Crippen LogP contribution in [0.1, 0.15) is 71.1 Å². The molecule has 0 unspecified atom stereocenters. The molecule has 1 amide bonds. The first-order chi connectivity index (χ1) is 9.07. The Bertz CT molecular complexity index is 260. The SMILES string of the molecule is CCCCCCCCCCCC(=O)N(C)CC(=O)O.[K+]. The Kier molecular flexibility index (Phi) is 18.2. The van der Waals surface area contributed by atoms with Crippen LogP contribution >= 0.6 is 0 Å². The maximum absolute atomic E-state index is 11.5. The largest absolute Gasteiger partial charge is 1.00 e. The molecule has 0 saturated carbocycles. The van der Waals surface area contributed by atoms with Crippen LogP contribution in [0.15, 0.2) is 0 Å². The first-order valence-electron chi connectivity index (χ1n) is 7.53. The van der Waals surface area contributed by atoms with Gasteiger partial charge in [-0.25, -0.2) is 0 Å². The van der Waals surface area contributed by atoms with Crippen LogP contribution in [0, 0.1) is 0 Å². The second kappa shape index (κ2) is 16.0. The van der Waals surface area contributed by atoms with E-state index in [0.29, 0.717) is 6.42 Å². The van der Waals surface area contributed by atoms with Crippen molar-refractivity contribution in [1.29, 1.82) is 0 Å². The summed E-state index contributed by atoms with van der Waals surface area (Å²) in [5, 5.41) is 8.57. The van der Waals surface area contributed by atoms with Crippen molar-refractivity contribution in [3.63, 3.8) is 0 Å². The van der Waals surface area contributed by atoms with Gasteiger partial charge >= 0.3 is 57.4 Å². The van der Waals surface area contributed by atoms with Gasteiger partial charge in [-0.05, 0) is 6.42 Å². The molecule has 0 aliphatic rings. The van der Waals surface area contributed by atoms with Crippen LogP contribution in [0.25, 0.3) is 0 Å². The van der Waals surface area contributed by atoms with E-state index >= 15 is 0 Å². The summed E-state index contributed by atoms with van der Waals surface area (Å²) in [5.41, 5.74) is 0. The van der Waals surface area contributed by atoms with Gasteiger partial charge in [0.2, 0.25) is 5.91 Å². The Hall–Kier alpha value is 0.576. The Balaban J connectivity index is 0. The molecular formula is C15H29KNO3+. The number of rotatable bonds is 12. The Morgan fingerprint density at radius 1 is 0.900 bits per heavy atom. The van der Waals surface area contributed by atoms with Gasteiger partial charge in [0.15, 0.2) is 0 Å². The third kappa shape index (κ3) is 15.0. The number of hydrogen-bond donors (Lipinski definition) is 1. The maximum Gasteiger partial charge on any atom is 1.00 e. The molecule has 0 aromatic heterocycles. The Labute approximate surface area is 166 Å². The van der Waals surface area contributed by atoms with Gasteiger partial charge < -0.3 is 10.0 Å². The summed E-state index contributed by atoms with van der Waals surface area (Å²) >= 11 is 0. The van der Waals surface area contributed by atoms with Gasteiger partial charge in [0.05, 0.1) is 0 Å². The third-order valence-corrected chi connectivity index (χ3v) is 3.29. The second-order valence-corrected chi connectivity index (χ2v) is 5.22. The monoisotopic (exact) mass is 310 g/mol. The van der Waals surface area contributed by atoms with Crippen LogP contribution in [0.3, 0.4) is 0 Å². The predicted octanol–water partition coefficient (Wildman–Crippen LogP) is 0.454. The van der Waals surface area contributed by atoms with Crippen molar-refractivity contribution in [3.8, 4) is 0 Å². The average Bonchev–Trinajstić information content (AvgIpc) is 2.35. The molecule has 0 aromatic carbocycles. The molecule has 0 heterocycles. The number of carboxylic acids is 1. The number of unbranched alkanes of at least 4 members (excludes halogenated alkanes) is 8. The van der Waals surface area contributed by atoms with Crippen LogP contribution in [0.5, 0.6) is 0 Å². The normalized spacial score (nSPS) is 9.90. The molecule has 1 N–H and O–H groups in total. The molecule has 0 spiro atoms. The molecule has 0 radical (unpaired) electrons. The van der Waals surface area contributed by atoms with Crippen LogP contribution in [-0.4, -0.2) is 35.5 Å². The van der Waals surface area contributed by atoms with E-state index in [2.05, 4.69) is 6.92 Å². The molecule has 5 heteroatoms. The number of hydrogen-bond acceptors (Lipinski definition) is 2. The zero-order chi connectivity index (χ0) is 14.5. The summed E-state index contributed by atoms with van der Waals surface area (Å²) in [7, 11) is 1.55. The van der Waals surface area contributed by atoms with Crippen LogP contribution in [0.2, 0.25) is 0 Å². The van der Waals surface area contributed by atoms with Gasteiger partial charge in [-0.3, -0.25) is 9.59 Å². The first-order valence-corrected chi connectivity index (χ1v) is 7.53. The fraction of sp³-hybridized carbons (Fsp3) is 0.867. The van der Waals surface area contributed by atoms with Gasteiger partial charge in [0.25, 0.3) is 0 Å². The van der Waals surface area contributed by atoms with E-state index in [0.717, 1.165) is 12.8 Å². The van der Waals surface area contributed by atoms with Crippen molar-refractivity contribution in [2.75, 3.05) is 13.6 Å². The van der Waals surface area contributed by atoms with E-state index in [-0.39, 0.29) is 63.8 Å². The topological polar surface area (TPSA) is 57.6 Å². The summed E-state index contributed by atoms with van der Waals surface area (Å²) in [5.74, 6) is -1.02. The average molecular weight is 310 g/mol. The fourth-order valence-electron chi connectivity index (χ4n) is 2.07. The zero-order valence-corrected chi connectivity index (χ0v) is 16.6. The smallest absolute Gasteiger partial charge is 0.480 e. The minimum absolute atomic E-state index is 0. The molecule has 0 rings (SSSR count). The molecule has 4 nitrogen and oxygen atoms in total. The number of carboxylic acid groups (broad SMARTS) is 1. The van der Waals surface area contributed by atoms with Gasteiger partial charge in [0, 0.05) is 13.5 Å². The first kappa shape index (κ1) is 22.9. The van der Waals surface area contributed by atoms with E-state index < -0.39 is 5.97 Å². The van der Waals surface area contributed by atoms with Crippen molar-refractivity contribution < 1.29 is 66.1 Å². The van der Waals surface area contributed by atoms with Crippen molar-refractivity contribution in [3.05, 3.63) is 0 Å². The second-order valence-electron chi connectivity index (χ2n) is 5.22. The Morgan fingerprint density at radius 3 is 1.80 bits per heavy atom. The quantitative estimate of drug-likeness (QED) is 0.421. The van der Waals surface area contributed by atoms with E-state index in [4.69, 9.17) is 5.11 Å². The van der Waals surface area contributed by atoms with Crippen LogP contribution in [0.4, 0.5) is 0 Å². The molecule has 112 valence electrons. The number of likely N-dealkylation sites (N-methyl/N-ethyl adjacent to an activating group) is 1. The molecule has 0 fully saturated rings. The molecule has 0 saturated heterocycles. The maximum atomic E-state index is 11.5. The molecule has 0 aliphatic carbocycles. The molecule has 0 bridgehead atoms. The van der Waals surface area contributed by atoms with E-state index in [9.17, 15) is 9.59 Å². The van der Waals surface area contributed by atoms with Gasteiger partial charge in [0.1, 0.15) is 6.54 Å². The molecular weight excluding hydrogens is 281 g/mol. The van der Waals surface area contributed by atoms with Crippen molar-refractivity contribution >= 4 is 11.9 Å². The van der Waals surface area contributed by atoms with Gasteiger partial charge in [-0.2, -0.15) is 0 Å². The van der Waals surface area contributed by atoms with Gasteiger partial charge in [-0.15, -0.1) is 0 Å². The predicted molar refractivity (Wildman–Crippen MR) is 77.1 cm³/mol. The number of aliphatic carboxylic acids is 1.